The number of nitrogen functional groups attached to an aromatic ring is 1. The molecule has 1 rings (SSSR count). The maximum Gasteiger partial charge on any atom is 0.224 e. The maximum absolute atomic E-state index is 11.8. The molecule has 1 unspecified atom stereocenters. The first-order valence-corrected chi connectivity index (χ1v) is 7.92. The summed E-state index contributed by atoms with van der Waals surface area (Å²) < 4.78 is 0. The van der Waals surface area contributed by atoms with Gasteiger partial charge >= 0.3 is 0 Å². The van der Waals surface area contributed by atoms with Crippen LogP contribution in [0.2, 0.25) is 5.02 Å². The number of nitrogens with two attached hydrogens (primary N) is 1. The summed E-state index contributed by atoms with van der Waals surface area (Å²) in [6.07, 6.45) is 2.55. The minimum atomic E-state index is -0.0151. The molecule has 1 aromatic carbocycles. The Kier molecular flexibility index (Phi) is 7.10. The van der Waals surface area contributed by atoms with Crippen LogP contribution in [0.5, 0.6) is 0 Å². The number of anilines is 2. The van der Waals surface area contributed by atoms with Crippen LogP contribution in [0.1, 0.15) is 33.1 Å². The molecule has 19 heavy (non-hydrogen) atoms. The van der Waals surface area contributed by atoms with E-state index in [2.05, 4.69) is 19.2 Å². The minimum Gasteiger partial charge on any atom is -0.397 e. The van der Waals surface area contributed by atoms with E-state index in [1.54, 1.807) is 18.2 Å². The SMILES string of the molecule is CCC(C)SCCCC(=O)Nc1cc(Cl)ccc1N. The molecule has 0 saturated heterocycles. The molecule has 0 aliphatic rings. The van der Waals surface area contributed by atoms with Crippen molar-refractivity contribution in [3.63, 3.8) is 0 Å². The van der Waals surface area contributed by atoms with Gasteiger partial charge in [0.05, 0.1) is 11.4 Å². The van der Waals surface area contributed by atoms with Gasteiger partial charge in [0.2, 0.25) is 5.91 Å². The highest BCUT2D eigenvalue weighted by molar-refractivity contribution is 7.99. The summed E-state index contributed by atoms with van der Waals surface area (Å²) in [5.41, 5.74) is 6.90. The summed E-state index contributed by atoms with van der Waals surface area (Å²) in [7, 11) is 0. The minimum absolute atomic E-state index is 0.0151. The van der Waals surface area contributed by atoms with Crippen LogP contribution in [0.4, 0.5) is 11.4 Å². The van der Waals surface area contributed by atoms with Gasteiger partial charge in [-0.25, -0.2) is 0 Å². The average Bonchev–Trinajstić information content (AvgIpc) is 2.38. The van der Waals surface area contributed by atoms with Crippen LogP contribution < -0.4 is 11.1 Å². The van der Waals surface area contributed by atoms with Crippen molar-refractivity contribution in [2.24, 2.45) is 0 Å². The second kappa shape index (κ2) is 8.33. The van der Waals surface area contributed by atoms with Gasteiger partial charge in [-0.15, -0.1) is 0 Å². The Labute approximate surface area is 124 Å². The molecular weight excluding hydrogens is 280 g/mol. The van der Waals surface area contributed by atoms with Crippen LogP contribution in [0, 0.1) is 0 Å². The number of thioether (sulfide) groups is 1. The molecule has 1 amide bonds. The van der Waals surface area contributed by atoms with Gasteiger partial charge in [0.15, 0.2) is 0 Å². The van der Waals surface area contributed by atoms with Gasteiger partial charge < -0.3 is 11.1 Å². The third kappa shape index (κ3) is 6.21. The molecule has 106 valence electrons. The van der Waals surface area contributed by atoms with Gasteiger partial charge in [-0.1, -0.05) is 25.4 Å². The van der Waals surface area contributed by atoms with E-state index in [-0.39, 0.29) is 5.91 Å². The van der Waals surface area contributed by atoms with E-state index < -0.39 is 0 Å². The molecule has 0 bridgehead atoms. The summed E-state index contributed by atoms with van der Waals surface area (Å²) in [6, 6.07) is 5.06. The molecule has 1 aromatic rings. The van der Waals surface area contributed by atoms with Gasteiger partial charge in [-0.2, -0.15) is 11.8 Å². The molecule has 0 saturated carbocycles. The average molecular weight is 301 g/mol. The van der Waals surface area contributed by atoms with E-state index >= 15 is 0 Å². The van der Waals surface area contributed by atoms with Crippen LogP contribution in [-0.4, -0.2) is 16.9 Å². The fraction of sp³-hybridized carbons (Fsp3) is 0.500. The third-order valence-corrected chi connectivity index (χ3v) is 4.48. The van der Waals surface area contributed by atoms with Crippen molar-refractivity contribution in [1.82, 2.24) is 0 Å². The largest absolute Gasteiger partial charge is 0.397 e. The molecule has 0 aromatic heterocycles. The number of amides is 1. The first-order chi connectivity index (χ1) is 9.02. The molecule has 1 atom stereocenters. The number of rotatable bonds is 7. The standard InChI is InChI=1S/C14H21ClN2OS/c1-3-10(2)19-8-4-5-14(18)17-13-9-11(15)6-7-12(13)16/h6-7,9-10H,3-5,8,16H2,1-2H3,(H,17,18). The van der Waals surface area contributed by atoms with Crippen LogP contribution >= 0.6 is 23.4 Å². The highest BCUT2D eigenvalue weighted by atomic mass is 35.5. The van der Waals surface area contributed by atoms with Gasteiger partial charge in [0.25, 0.3) is 0 Å². The number of halogens is 1. The molecule has 0 spiro atoms. The fourth-order valence-electron chi connectivity index (χ4n) is 1.48. The topological polar surface area (TPSA) is 55.1 Å². The Morgan fingerprint density at radius 3 is 2.95 bits per heavy atom. The lowest BCUT2D eigenvalue weighted by atomic mass is 10.2. The second-order valence-corrected chi connectivity index (χ2v) is 6.46. The molecule has 0 aliphatic carbocycles. The summed E-state index contributed by atoms with van der Waals surface area (Å²) in [6.45, 7) is 4.38. The zero-order valence-electron chi connectivity index (χ0n) is 11.4. The third-order valence-electron chi connectivity index (χ3n) is 2.81. The van der Waals surface area contributed by atoms with E-state index in [4.69, 9.17) is 17.3 Å². The smallest absolute Gasteiger partial charge is 0.224 e. The Hall–Kier alpha value is -0.870. The van der Waals surface area contributed by atoms with Crippen molar-refractivity contribution in [3.05, 3.63) is 23.2 Å². The lowest BCUT2D eigenvalue weighted by molar-refractivity contribution is -0.116. The second-order valence-electron chi connectivity index (χ2n) is 4.47. The summed E-state index contributed by atoms with van der Waals surface area (Å²) in [5.74, 6) is 0.992. The van der Waals surface area contributed by atoms with E-state index in [0.717, 1.165) is 18.6 Å². The molecule has 0 heterocycles. The zero-order chi connectivity index (χ0) is 14.3. The number of benzene rings is 1. The van der Waals surface area contributed by atoms with Crippen LogP contribution in [0.3, 0.4) is 0 Å². The molecule has 0 aliphatic heterocycles. The Morgan fingerprint density at radius 1 is 1.53 bits per heavy atom. The fourth-order valence-corrected chi connectivity index (χ4v) is 2.61. The summed E-state index contributed by atoms with van der Waals surface area (Å²) in [5, 5.41) is 4.02. The van der Waals surface area contributed by atoms with E-state index in [1.807, 2.05) is 11.8 Å². The van der Waals surface area contributed by atoms with Crippen molar-refractivity contribution in [1.29, 1.82) is 0 Å². The number of carbonyl (C=O) groups is 1. The lowest BCUT2D eigenvalue weighted by Gasteiger charge is -2.09. The first-order valence-electron chi connectivity index (χ1n) is 6.49. The Bertz CT molecular complexity index is 426. The van der Waals surface area contributed by atoms with Crippen LogP contribution in [0.15, 0.2) is 18.2 Å². The van der Waals surface area contributed by atoms with Crippen LogP contribution in [-0.2, 0) is 4.79 Å². The van der Waals surface area contributed by atoms with Gasteiger partial charge in [0, 0.05) is 16.7 Å². The highest BCUT2D eigenvalue weighted by Gasteiger charge is 2.06. The predicted octanol–water partition coefficient (Wildman–Crippen LogP) is 4.17. The first kappa shape index (κ1) is 16.2. The normalized spacial score (nSPS) is 12.2. The molecule has 0 fully saturated rings. The van der Waals surface area contributed by atoms with Crippen molar-refractivity contribution in [2.75, 3.05) is 16.8 Å². The van der Waals surface area contributed by atoms with Crippen LogP contribution in [0.25, 0.3) is 0 Å². The Morgan fingerprint density at radius 2 is 2.26 bits per heavy atom. The zero-order valence-corrected chi connectivity index (χ0v) is 13.0. The van der Waals surface area contributed by atoms with Crippen molar-refractivity contribution in [3.8, 4) is 0 Å². The number of hydrogen-bond acceptors (Lipinski definition) is 3. The maximum atomic E-state index is 11.8. The number of nitrogens with one attached hydrogen (secondary N) is 1. The van der Waals surface area contributed by atoms with E-state index in [0.29, 0.717) is 28.1 Å². The van der Waals surface area contributed by atoms with Crippen molar-refractivity contribution >= 4 is 40.6 Å². The summed E-state index contributed by atoms with van der Waals surface area (Å²) >= 11 is 7.77. The molecule has 0 radical (unpaired) electrons. The van der Waals surface area contributed by atoms with Gasteiger partial charge in [0.1, 0.15) is 0 Å². The van der Waals surface area contributed by atoms with Gasteiger partial charge in [-0.3, -0.25) is 4.79 Å². The molecule has 3 nitrogen and oxygen atoms in total. The van der Waals surface area contributed by atoms with Crippen molar-refractivity contribution in [2.45, 2.75) is 38.4 Å². The molecular formula is C14H21ClN2OS. The predicted molar refractivity (Wildman–Crippen MR) is 85.9 cm³/mol. The molecule has 5 heteroatoms. The Balaban J connectivity index is 2.33. The molecule has 3 N–H and O–H groups in total. The summed E-state index contributed by atoms with van der Waals surface area (Å²) in [4.78, 5) is 11.8. The monoisotopic (exact) mass is 300 g/mol. The van der Waals surface area contributed by atoms with Gasteiger partial charge in [-0.05, 0) is 36.8 Å². The number of hydrogen-bond donors (Lipinski definition) is 2. The number of carbonyl (C=O) groups excluding carboxylic acids is 1. The highest BCUT2D eigenvalue weighted by Crippen LogP contribution is 2.23. The lowest BCUT2D eigenvalue weighted by Crippen LogP contribution is -2.13. The van der Waals surface area contributed by atoms with E-state index in [1.165, 1.54) is 0 Å². The van der Waals surface area contributed by atoms with Crippen molar-refractivity contribution < 1.29 is 4.79 Å². The quantitative estimate of drug-likeness (QED) is 0.587. The van der Waals surface area contributed by atoms with E-state index in [9.17, 15) is 4.79 Å².